The molecular formula is C20H28O8. The predicted molar refractivity (Wildman–Crippen MR) is 93.5 cm³/mol. The molecule has 28 heavy (non-hydrogen) atoms. The molecule has 5 fully saturated rings. The van der Waals surface area contributed by atoms with E-state index < -0.39 is 11.2 Å². The van der Waals surface area contributed by atoms with Crippen molar-refractivity contribution < 1.29 is 38.0 Å². The molecule has 5 saturated heterocycles. The van der Waals surface area contributed by atoms with Crippen LogP contribution >= 0.6 is 0 Å². The summed E-state index contributed by atoms with van der Waals surface area (Å²) in [6.45, 7) is 7.96. The van der Waals surface area contributed by atoms with Gasteiger partial charge in [-0.3, -0.25) is 0 Å². The monoisotopic (exact) mass is 396 g/mol. The number of carbonyl (C=O) groups excluding carboxylic acids is 2. The molecule has 5 rings (SSSR count). The van der Waals surface area contributed by atoms with E-state index >= 15 is 0 Å². The Bertz CT molecular complexity index is 665. The number of cyclic esters (lactones) is 2. The van der Waals surface area contributed by atoms with Crippen molar-refractivity contribution in [3.05, 3.63) is 0 Å². The fourth-order valence-electron chi connectivity index (χ4n) is 4.42. The zero-order valence-corrected chi connectivity index (χ0v) is 16.8. The van der Waals surface area contributed by atoms with E-state index in [-0.39, 0.29) is 60.8 Å². The van der Waals surface area contributed by atoms with Gasteiger partial charge in [0.1, 0.15) is 25.4 Å². The number of rotatable bonds is 0. The van der Waals surface area contributed by atoms with Crippen LogP contribution in [-0.2, 0) is 38.0 Å². The van der Waals surface area contributed by atoms with Crippen molar-refractivity contribution in [1.29, 1.82) is 0 Å². The van der Waals surface area contributed by atoms with Crippen molar-refractivity contribution >= 4 is 11.9 Å². The number of carbonyl (C=O) groups is 2. The number of esters is 2. The molecule has 0 spiro atoms. The lowest BCUT2D eigenvalue weighted by Crippen LogP contribution is -2.30. The maximum absolute atomic E-state index is 12.4. The van der Waals surface area contributed by atoms with Crippen LogP contribution in [0.4, 0.5) is 0 Å². The molecule has 0 saturated carbocycles. The molecule has 156 valence electrons. The van der Waals surface area contributed by atoms with Gasteiger partial charge in [-0.2, -0.15) is 0 Å². The highest BCUT2D eigenvalue weighted by atomic mass is 16.7. The number of hydrogen-bond donors (Lipinski definition) is 0. The Morgan fingerprint density at radius 2 is 1.04 bits per heavy atom. The fraction of sp³-hybridized carbons (Fsp3) is 0.900. The summed E-state index contributed by atoms with van der Waals surface area (Å²) < 4.78 is 33.7. The van der Waals surface area contributed by atoms with E-state index in [2.05, 4.69) is 0 Å². The van der Waals surface area contributed by atoms with Crippen molar-refractivity contribution in [2.45, 2.75) is 100 Å². The van der Waals surface area contributed by atoms with Gasteiger partial charge in [-0.25, -0.2) is 9.59 Å². The Morgan fingerprint density at radius 1 is 0.643 bits per heavy atom. The van der Waals surface area contributed by atoms with Crippen LogP contribution < -0.4 is 0 Å². The molecule has 8 heteroatoms. The SMILES string of the molecule is C[C@]12CC[C@H]3O[C@]3(C)C(=O)OC[C@@H]3O[C@@]3(C)CC[C@H]3O[C@]3(C)C(=O)OC[C@@H]1O2. The van der Waals surface area contributed by atoms with Crippen molar-refractivity contribution in [2.24, 2.45) is 0 Å². The van der Waals surface area contributed by atoms with Crippen molar-refractivity contribution in [2.75, 3.05) is 13.2 Å². The van der Waals surface area contributed by atoms with Crippen LogP contribution in [0.15, 0.2) is 0 Å². The minimum Gasteiger partial charge on any atom is -0.461 e. The zero-order valence-electron chi connectivity index (χ0n) is 16.8. The molecule has 0 radical (unpaired) electrons. The third kappa shape index (κ3) is 2.96. The van der Waals surface area contributed by atoms with Gasteiger partial charge in [0.15, 0.2) is 11.2 Å². The van der Waals surface area contributed by atoms with E-state index in [1.807, 2.05) is 13.8 Å². The molecule has 5 aliphatic heterocycles. The predicted octanol–water partition coefficient (Wildman–Crippen LogP) is 1.28. The molecule has 5 heterocycles. The zero-order chi connectivity index (χ0) is 19.9. The average molecular weight is 396 g/mol. The summed E-state index contributed by atoms with van der Waals surface area (Å²) in [6.07, 6.45) is 2.22. The smallest absolute Gasteiger partial charge is 0.340 e. The highest BCUT2D eigenvalue weighted by Gasteiger charge is 2.64. The van der Waals surface area contributed by atoms with E-state index in [0.717, 1.165) is 12.8 Å². The molecule has 0 bridgehead atoms. The quantitative estimate of drug-likeness (QED) is 0.446. The van der Waals surface area contributed by atoms with Crippen molar-refractivity contribution in [1.82, 2.24) is 0 Å². The van der Waals surface area contributed by atoms with Gasteiger partial charge >= 0.3 is 11.9 Å². The van der Waals surface area contributed by atoms with Crippen molar-refractivity contribution in [3.63, 3.8) is 0 Å². The van der Waals surface area contributed by atoms with E-state index in [4.69, 9.17) is 28.4 Å². The first-order valence-electron chi connectivity index (χ1n) is 10.1. The third-order valence-corrected chi connectivity index (χ3v) is 7.31. The van der Waals surface area contributed by atoms with Gasteiger partial charge in [-0.05, 0) is 53.4 Å². The number of fused-ring (bicyclic) bond motifs is 4. The standard InChI is InChI=1S/C20H28O8/c1-17-7-5-11-19(3,27-11)16(22)24-10-14-18(2,26-14)8-6-12-20(4,28-12)15(21)23-9-13(17)25-17/h11-14H,5-10H2,1-4H3/t11-,12-,13+,14+,17+,18+,19+,20+/m1/s1. The molecule has 0 aliphatic carbocycles. The molecule has 0 unspecified atom stereocenters. The summed E-state index contributed by atoms with van der Waals surface area (Å²) in [4.78, 5) is 24.9. The summed E-state index contributed by atoms with van der Waals surface area (Å²) >= 11 is 0. The molecule has 8 atom stereocenters. The van der Waals surface area contributed by atoms with Gasteiger partial charge in [0, 0.05) is 0 Å². The number of ether oxygens (including phenoxy) is 6. The summed E-state index contributed by atoms with van der Waals surface area (Å²) in [5.74, 6) is -0.663. The number of hydrogen-bond acceptors (Lipinski definition) is 8. The second kappa shape index (κ2) is 5.68. The molecule has 0 aromatic rings. The molecule has 0 aromatic heterocycles. The highest BCUT2D eigenvalue weighted by Crippen LogP contribution is 2.49. The van der Waals surface area contributed by atoms with E-state index in [1.165, 1.54) is 0 Å². The molecule has 8 nitrogen and oxygen atoms in total. The Morgan fingerprint density at radius 3 is 1.43 bits per heavy atom. The second-order valence-electron chi connectivity index (χ2n) is 9.54. The average Bonchev–Trinajstić information content (AvgIpc) is 3.55. The van der Waals surface area contributed by atoms with Gasteiger partial charge < -0.3 is 28.4 Å². The molecule has 0 aromatic carbocycles. The lowest BCUT2D eigenvalue weighted by molar-refractivity contribution is -0.150. The van der Waals surface area contributed by atoms with E-state index in [0.29, 0.717) is 12.8 Å². The van der Waals surface area contributed by atoms with Crippen LogP contribution in [0, 0.1) is 0 Å². The van der Waals surface area contributed by atoms with Gasteiger partial charge in [-0.1, -0.05) is 0 Å². The fourth-order valence-corrected chi connectivity index (χ4v) is 4.42. The maximum atomic E-state index is 12.4. The number of epoxide rings is 4. The normalized spacial score (nSPS) is 55.7. The first-order valence-corrected chi connectivity index (χ1v) is 10.1. The van der Waals surface area contributed by atoms with Crippen molar-refractivity contribution in [3.8, 4) is 0 Å². The lowest BCUT2D eigenvalue weighted by Gasteiger charge is -2.11. The van der Waals surface area contributed by atoms with Crippen LogP contribution in [0.1, 0.15) is 53.4 Å². The van der Waals surface area contributed by atoms with Crippen LogP contribution in [-0.4, -0.2) is 72.0 Å². The van der Waals surface area contributed by atoms with E-state index in [1.54, 1.807) is 13.8 Å². The third-order valence-electron chi connectivity index (χ3n) is 7.31. The Labute approximate surface area is 164 Å². The lowest BCUT2D eigenvalue weighted by atomic mass is 9.95. The molecule has 5 aliphatic rings. The summed E-state index contributed by atoms with van der Waals surface area (Å²) in [5, 5.41) is 0. The Balaban J connectivity index is 1.25. The van der Waals surface area contributed by atoms with Crippen LogP contribution in [0.2, 0.25) is 0 Å². The van der Waals surface area contributed by atoms with Gasteiger partial charge in [0.05, 0.1) is 23.4 Å². The van der Waals surface area contributed by atoms with Crippen LogP contribution in [0.25, 0.3) is 0 Å². The second-order valence-corrected chi connectivity index (χ2v) is 9.54. The molecular weight excluding hydrogens is 368 g/mol. The molecule has 0 amide bonds. The minimum absolute atomic E-state index is 0.132. The van der Waals surface area contributed by atoms with Gasteiger partial charge in [0.2, 0.25) is 0 Å². The van der Waals surface area contributed by atoms with Gasteiger partial charge in [0.25, 0.3) is 0 Å². The first-order chi connectivity index (χ1) is 13.1. The topological polar surface area (TPSA) is 103 Å². The van der Waals surface area contributed by atoms with Gasteiger partial charge in [-0.15, -0.1) is 0 Å². The first kappa shape index (κ1) is 18.8. The largest absolute Gasteiger partial charge is 0.461 e. The summed E-state index contributed by atoms with van der Waals surface area (Å²) in [5.41, 5.74) is -2.46. The Kier molecular flexibility index (Phi) is 3.81. The van der Waals surface area contributed by atoms with E-state index in [9.17, 15) is 9.59 Å². The maximum Gasteiger partial charge on any atom is 0.340 e. The van der Waals surface area contributed by atoms with Crippen LogP contribution in [0.3, 0.4) is 0 Å². The Hall–Kier alpha value is -1.22. The summed E-state index contributed by atoms with van der Waals surface area (Å²) in [7, 11) is 0. The highest BCUT2D eigenvalue weighted by molar-refractivity contribution is 5.83. The molecule has 0 N–H and O–H groups in total. The summed E-state index contributed by atoms with van der Waals surface area (Å²) in [6, 6.07) is 0. The van der Waals surface area contributed by atoms with Crippen LogP contribution in [0.5, 0.6) is 0 Å². The minimum atomic E-state index is -0.881.